The number of hydrogen-bond donors (Lipinski definition) is 0. The van der Waals surface area contributed by atoms with Crippen molar-refractivity contribution in [2.75, 3.05) is 23.0 Å². The Bertz CT molecular complexity index is 765. The van der Waals surface area contributed by atoms with Crippen molar-refractivity contribution in [3.05, 3.63) is 37.4 Å². The predicted octanol–water partition coefficient (Wildman–Crippen LogP) is 9.25. The Balaban J connectivity index is 1.65. The van der Waals surface area contributed by atoms with E-state index in [1.54, 1.807) is 0 Å². The van der Waals surface area contributed by atoms with E-state index >= 15 is 0 Å². The molecule has 0 aliphatic carbocycles. The van der Waals surface area contributed by atoms with Crippen LogP contribution in [-0.2, 0) is 14.1 Å². The van der Waals surface area contributed by atoms with E-state index < -0.39 is 0 Å². The molecule has 0 amide bonds. The van der Waals surface area contributed by atoms with Crippen LogP contribution in [0.5, 0.6) is 0 Å². The van der Waals surface area contributed by atoms with Crippen LogP contribution < -0.4 is 9.13 Å². The number of aryl methyl sites for hydroxylation is 2. The lowest BCUT2D eigenvalue weighted by Crippen LogP contribution is -2.25. The zero-order chi connectivity index (χ0) is 28.7. The summed E-state index contributed by atoms with van der Waals surface area (Å²) in [5, 5.41) is 0. The average molecular weight is 593 g/mol. The Labute approximate surface area is 257 Å². The van der Waals surface area contributed by atoms with Crippen LogP contribution in [0.2, 0.25) is 0 Å². The molecule has 0 spiro atoms. The maximum Gasteiger partial charge on any atom is 0.243 e. The molecule has 2 rings (SSSR count). The van der Waals surface area contributed by atoms with Crippen molar-refractivity contribution in [2.45, 2.75) is 142 Å². The fourth-order valence-electron chi connectivity index (χ4n) is 5.59. The highest BCUT2D eigenvalue weighted by Gasteiger charge is 2.18. The van der Waals surface area contributed by atoms with Crippen molar-refractivity contribution >= 4 is 23.5 Å². The second-order valence-electron chi connectivity index (χ2n) is 12.0. The minimum Gasteiger partial charge on any atom is -0.240 e. The van der Waals surface area contributed by atoms with Gasteiger partial charge in [0.25, 0.3) is 0 Å². The summed E-state index contributed by atoms with van der Waals surface area (Å²) in [6.07, 6.45) is 38.6. The first-order chi connectivity index (χ1) is 19.6. The van der Waals surface area contributed by atoms with Gasteiger partial charge in [-0.1, -0.05) is 104 Å². The van der Waals surface area contributed by atoms with Crippen LogP contribution in [0.3, 0.4) is 0 Å². The number of nitrogens with zero attached hydrogens (tertiary/aromatic N) is 4. The summed E-state index contributed by atoms with van der Waals surface area (Å²) in [5.41, 5.74) is 0. The normalized spacial score (nSPS) is 13.2. The van der Waals surface area contributed by atoms with Crippen LogP contribution in [0.1, 0.15) is 142 Å². The quantitative estimate of drug-likeness (QED) is 0.0760. The Morgan fingerprint density at radius 1 is 0.525 bits per heavy atom. The number of aromatic nitrogens is 4. The van der Waals surface area contributed by atoms with Gasteiger partial charge in [-0.25, -0.2) is 18.3 Å². The van der Waals surface area contributed by atoms with E-state index in [4.69, 9.17) is 0 Å². The van der Waals surface area contributed by atoms with Gasteiger partial charge in [0.1, 0.15) is 36.9 Å². The highest BCUT2D eigenvalue weighted by atomic mass is 32.2. The molecular weight excluding hydrogens is 529 g/mol. The molecule has 6 heteroatoms. The van der Waals surface area contributed by atoms with Crippen LogP contribution in [-0.4, -0.2) is 32.1 Å². The number of thioether (sulfide) groups is 2. The lowest BCUT2D eigenvalue weighted by molar-refractivity contribution is -0.671. The summed E-state index contributed by atoms with van der Waals surface area (Å²) in [6, 6.07) is 1.26. The van der Waals surface area contributed by atoms with Gasteiger partial charge < -0.3 is 0 Å². The van der Waals surface area contributed by atoms with E-state index in [0.29, 0.717) is 12.1 Å². The molecular formula is C34H64N4S2+2. The van der Waals surface area contributed by atoms with Gasteiger partial charge in [0.2, 0.25) is 12.7 Å². The van der Waals surface area contributed by atoms with Gasteiger partial charge in [-0.15, -0.1) is 0 Å². The summed E-state index contributed by atoms with van der Waals surface area (Å²) in [5.74, 6) is 4.99. The van der Waals surface area contributed by atoms with Crippen molar-refractivity contribution in [2.24, 2.45) is 14.1 Å². The second-order valence-corrected chi connectivity index (χ2v) is 14.3. The first-order valence-electron chi connectivity index (χ1n) is 16.8. The van der Waals surface area contributed by atoms with Crippen molar-refractivity contribution in [3.8, 4) is 0 Å². The molecule has 0 saturated heterocycles. The third kappa shape index (κ3) is 16.5. The molecule has 4 nitrogen and oxygen atoms in total. The highest BCUT2D eigenvalue weighted by Crippen LogP contribution is 2.25. The van der Waals surface area contributed by atoms with Crippen LogP contribution >= 0.6 is 23.5 Å². The first-order valence-corrected chi connectivity index (χ1v) is 19.2. The minimum atomic E-state index is 0.630. The molecule has 0 bridgehead atoms. The summed E-state index contributed by atoms with van der Waals surface area (Å²) in [7, 11) is 4.28. The smallest absolute Gasteiger partial charge is 0.240 e. The molecule has 0 fully saturated rings. The lowest BCUT2D eigenvalue weighted by Gasteiger charge is -2.15. The van der Waals surface area contributed by atoms with Crippen LogP contribution in [0.15, 0.2) is 37.4 Å². The highest BCUT2D eigenvalue weighted by molar-refractivity contribution is 8.02. The molecule has 0 radical (unpaired) electrons. The van der Waals surface area contributed by atoms with E-state index in [0.717, 1.165) is 0 Å². The Morgan fingerprint density at radius 3 is 1.20 bits per heavy atom. The van der Waals surface area contributed by atoms with Gasteiger partial charge in [0.05, 0.1) is 14.1 Å². The molecule has 2 heterocycles. The third-order valence-corrected chi connectivity index (χ3v) is 10.7. The maximum absolute atomic E-state index is 2.47. The fraction of sp³-hybridized carbons (Fsp3) is 0.824. The van der Waals surface area contributed by atoms with Crippen LogP contribution in [0, 0.1) is 0 Å². The average Bonchev–Trinajstić information content (AvgIpc) is 3.59. The van der Waals surface area contributed by atoms with Crippen molar-refractivity contribution < 1.29 is 9.13 Å². The van der Waals surface area contributed by atoms with E-state index in [9.17, 15) is 0 Å². The monoisotopic (exact) mass is 592 g/mol. The molecule has 2 aromatic heterocycles. The van der Waals surface area contributed by atoms with Crippen LogP contribution in [0.25, 0.3) is 0 Å². The zero-order valence-corrected chi connectivity index (χ0v) is 28.4. The predicted molar refractivity (Wildman–Crippen MR) is 178 cm³/mol. The van der Waals surface area contributed by atoms with E-state index in [1.807, 2.05) is 0 Å². The summed E-state index contributed by atoms with van der Waals surface area (Å²) < 4.78 is 9.31. The van der Waals surface area contributed by atoms with Gasteiger partial charge in [0.15, 0.2) is 0 Å². The first kappa shape index (κ1) is 35.3. The summed E-state index contributed by atoms with van der Waals surface area (Å²) in [4.78, 5) is 0. The van der Waals surface area contributed by atoms with E-state index in [-0.39, 0.29) is 0 Å². The molecule has 0 aromatic carbocycles. The van der Waals surface area contributed by atoms with Crippen LogP contribution in [0.4, 0.5) is 0 Å². The van der Waals surface area contributed by atoms with Gasteiger partial charge in [-0.3, -0.25) is 0 Å². The third-order valence-electron chi connectivity index (χ3n) is 8.20. The second kappa shape index (κ2) is 23.7. The van der Waals surface area contributed by atoms with E-state index in [2.05, 4.69) is 107 Å². The molecule has 2 aromatic rings. The molecule has 40 heavy (non-hydrogen) atoms. The standard InChI is InChI=1S/C34H64N4S2/c1-5-7-9-11-13-15-17-19-21-33(37-25-23-35(3)31-37)29-39-27-28-40-30-34(38-26-24-36(4)32-38)22-20-18-16-14-12-10-8-6-2/h23-26,31-34H,5-22,27-30H2,1-4H3/q+2. The molecule has 0 aliphatic rings. The lowest BCUT2D eigenvalue weighted by atomic mass is 10.1. The largest absolute Gasteiger partial charge is 0.243 e. The van der Waals surface area contributed by atoms with Gasteiger partial charge in [-0.2, -0.15) is 23.5 Å². The number of imidazole rings is 2. The SMILES string of the molecule is CCCCCCCCCCC(CSCCSCC(CCCCCCCCCC)n1cc[n+](C)c1)n1cc[n+](C)c1. The Kier molecular flexibility index (Phi) is 20.9. The van der Waals surface area contributed by atoms with Crippen molar-refractivity contribution in [1.29, 1.82) is 0 Å². The minimum absolute atomic E-state index is 0.630. The summed E-state index contributed by atoms with van der Waals surface area (Å²) >= 11 is 4.33. The zero-order valence-electron chi connectivity index (χ0n) is 26.8. The summed E-state index contributed by atoms with van der Waals surface area (Å²) in [6.45, 7) is 4.61. The van der Waals surface area contributed by atoms with E-state index in [1.165, 1.54) is 139 Å². The Hall–Kier alpha value is -0.880. The molecule has 0 saturated carbocycles. The molecule has 230 valence electrons. The number of unbranched alkanes of at least 4 members (excludes halogenated alkanes) is 14. The maximum atomic E-state index is 2.47. The molecule has 0 N–H and O–H groups in total. The van der Waals surface area contributed by atoms with Crippen molar-refractivity contribution in [3.63, 3.8) is 0 Å². The number of hydrogen-bond acceptors (Lipinski definition) is 2. The number of rotatable bonds is 27. The van der Waals surface area contributed by atoms with Gasteiger partial charge in [-0.05, 0) is 25.7 Å². The molecule has 0 aliphatic heterocycles. The topological polar surface area (TPSA) is 17.6 Å². The molecule has 2 atom stereocenters. The molecule has 2 unspecified atom stereocenters. The van der Waals surface area contributed by atoms with Gasteiger partial charge >= 0.3 is 0 Å². The van der Waals surface area contributed by atoms with Crippen molar-refractivity contribution in [1.82, 2.24) is 9.13 Å². The Morgan fingerprint density at radius 2 is 0.875 bits per heavy atom. The fourth-order valence-corrected chi connectivity index (χ4v) is 8.09. The van der Waals surface area contributed by atoms with Gasteiger partial charge in [0, 0.05) is 23.0 Å².